The molecule has 3 aliphatic rings. The molecule has 1 aromatic rings. The Balaban J connectivity index is 0.000000161. The first-order valence-corrected chi connectivity index (χ1v) is 9.66. The molecular formula is C20H18ClFN2O3S. The van der Waals surface area contributed by atoms with Crippen LogP contribution in [-0.4, -0.2) is 30.8 Å². The van der Waals surface area contributed by atoms with Gasteiger partial charge in [-0.15, -0.1) is 0 Å². The smallest absolute Gasteiger partial charge is 0.250 e. The zero-order valence-corrected chi connectivity index (χ0v) is 16.6. The van der Waals surface area contributed by atoms with Gasteiger partial charge >= 0.3 is 0 Å². The van der Waals surface area contributed by atoms with E-state index in [-0.39, 0.29) is 28.5 Å². The van der Waals surface area contributed by atoms with Crippen molar-refractivity contribution in [3.63, 3.8) is 0 Å². The van der Waals surface area contributed by atoms with Gasteiger partial charge in [-0.25, -0.2) is 4.39 Å². The molecule has 1 heterocycles. The molecule has 1 aliphatic heterocycles. The molecule has 8 heteroatoms. The zero-order chi connectivity index (χ0) is 20.3. The Labute approximate surface area is 171 Å². The van der Waals surface area contributed by atoms with Crippen molar-refractivity contribution < 1.29 is 18.7 Å². The molecule has 2 aliphatic carbocycles. The molecule has 0 bridgehead atoms. The number of thioether (sulfide) groups is 1. The molecule has 28 heavy (non-hydrogen) atoms. The highest BCUT2D eigenvalue weighted by atomic mass is 35.5. The first kappa shape index (κ1) is 20.4. The number of hydrogen-bond donors (Lipinski definition) is 2. The fourth-order valence-corrected chi connectivity index (χ4v) is 3.80. The topological polar surface area (TPSA) is 67.4 Å². The molecule has 0 radical (unpaired) electrons. The molecule has 2 N–H and O–H groups in total. The Morgan fingerprint density at radius 3 is 2.68 bits per heavy atom. The summed E-state index contributed by atoms with van der Waals surface area (Å²) in [5, 5.41) is 6.15. The number of halogens is 2. The van der Waals surface area contributed by atoms with Crippen LogP contribution in [-0.2, 0) is 20.7 Å². The third-order valence-electron chi connectivity index (χ3n) is 4.06. The van der Waals surface area contributed by atoms with Crippen LogP contribution in [0.4, 0.5) is 10.1 Å². The van der Waals surface area contributed by atoms with E-state index in [0.717, 1.165) is 17.5 Å². The summed E-state index contributed by atoms with van der Waals surface area (Å²) >= 11 is 7.07. The molecule has 0 aromatic heterocycles. The van der Waals surface area contributed by atoms with Gasteiger partial charge in [0.15, 0.2) is 0 Å². The second-order valence-electron chi connectivity index (χ2n) is 6.20. The first-order chi connectivity index (χ1) is 13.4. The van der Waals surface area contributed by atoms with Crippen molar-refractivity contribution in [3.05, 3.63) is 64.4 Å². The third kappa shape index (κ3) is 5.13. The van der Waals surface area contributed by atoms with Gasteiger partial charge in [-0.05, 0) is 47.4 Å². The van der Waals surface area contributed by atoms with Crippen LogP contribution in [0.2, 0.25) is 5.02 Å². The van der Waals surface area contributed by atoms with Crippen molar-refractivity contribution in [3.8, 4) is 11.1 Å². The summed E-state index contributed by atoms with van der Waals surface area (Å²) < 4.78 is 17.7. The minimum atomic E-state index is -0.568. The largest absolute Gasteiger partial charge is 0.375 e. The predicted octanol–water partition coefficient (Wildman–Crippen LogP) is 3.98. The molecule has 0 spiro atoms. The fraction of sp³-hybridized carbons (Fsp3) is 0.200. The lowest BCUT2D eigenvalue weighted by molar-refractivity contribution is -0.120. The van der Waals surface area contributed by atoms with Crippen molar-refractivity contribution in [2.45, 2.75) is 11.7 Å². The number of anilines is 1. The van der Waals surface area contributed by atoms with Crippen LogP contribution in [0.25, 0.3) is 11.1 Å². The van der Waals surface area contributed by atoms with E-state index in [2.05, 4.69) is 40.1 Å². The average molecular weight is 421 g/mol. The number of carbonyl (C=O) groups excluding carboxylic acids is 2. The van der Waals surface area contributed by atoms with Crippen molar-refractivity contribution in [1.82, 2.24) is 5.32 Å². The zero-order valence-electron chi connectivity index (χ0n) is 15.1. The molecule has 5 nitrogen and oxygen atoms in total. The maximum atomic E-state index is 13.1. The lowest BCUT2D eigenvalue weighted by Gasteiger charge is -2.05. The van der Waals surface area contributed by atoms with E-state index in [9.17, 15) is 14.0 Å². The number of rotatable bonds is 5. The Morgan fingerprint density at radius 1 is 1.36 bits per heavy atom. The van der Waals surface area contributed by atoms with Gasteiger partial charge in [0, 0.05) is 12.1 Å². The van der Waals surface area contributed by atoms with E-state index in [1.54, 1.807) is 0 Å². The number of amides is 2. The van der Waals surface area contributed by atoms with E-state index >= 15 is 0 Å². The summed E-state index contributed by atoms with van der Waals surface area (Å²) in [6.45, 7) is 3.63. The van der Waals surface area contributed by atoms with Crippen molar-refractivity contribution >= 4 is 40.9 Å². The number of nitrogens with one attached hydrogen (secondary N) is 2. The summed E-state index contributed by atoms with van der Waals surface area (Å²) in [6, 6.07) is 10.4. The van der Waals surface area contributed by atoms with Gasteiger partial charge in [0.25, 0.3) is 0 Å². The maximum Gasteiger partial charge on any atom is 0.250 e. The minimum absolute atomic E-state index is 0.0167. The van der Waals surface area contributed by atoms with Gasteiger partial charge in [-0.1, -0.05) is 42.1 Å². The number of benzene rings is 2. The average Bonchev–Trinajstić information content (AvgIpc) is 3.20. The third-order valence-corrected chi connectivity index (χ3v) is 5.35. The lowest BCUT2D eigenvalue weighted by atomic mass is 10.1. The normalized spacial score (nSPS) is 16.2. The van der Waals surface area contributed by atoms with Crippen molar-refractivity contribution in [2.24, 2.45) is 0 Å². The maximum absolute atomic E-state index is 13.1. The molecule has 1 atom stereocenters. The molecule has 1 saturated heterocycles. The summed E-state index contributed by atoms with van der Waals surface area (Å²) in [5.41, 5.74) is 4.07. The minimum Gasteiger partial charge on any atom is -0.375 e. The second-order valence-corrected chi connectivity index (χ2v) is 7.93. The van der Waals surface area contributed by atoms with E-state index in [4.69, 9.17) is 11.6 Å². The molecule has 4 rings (SSSR count). The van der Waals surface area contributed by atoms with Crippen LogP contribution in [0.1, 0.15) is 5.56 Å². The SMILES string of the molecule is C=C1NC(=O)C(Cc2ccc3cc2-3)S1.COCC(=O)Nc1ccc(Cl)cc1F. The lowest BCUT2D eigenvalue weighted by Crippen LogP contribution is -2.23. The summed E-state index contributed by atoms with van der Waals surface area (Å²) in [4.78, 5) is 22.5. The number of methoxy groups -OCH3 is 1. The second kappa shape index (κ2) is 8.77. The van der Waals surface area contributed by atoms with E-state index in [1.807, 2.05) is 0 Å². The fourth-order valence-electron chi connectivity index (χ4n) is 2.71. The van der Waals surface area contributed by atoms with E-state index < -0.39 is 11.7 Å². The Bertz CT molecular complexity index is 951. The molecule has 0 saturated carbocycles. The van der Waals surface area contributed by atoms with Gasteiger partial charge in [-0.2, -0.15) is 0 Å². The summed E-state index contributed by atoms with van der Waals surface area (Å²) in [5.74, 6) is -0.883. The standard InChI is InChI=1S/C11H9NOS.C9H9ClFNO2/c1-6-12-11(13)10(14-6)5-8-3-2-7-4-9(7)8;1-14-5-9(13)12-8-3-2-6(10)4-7(8)11/h2-4,10H,1,5H2,(H,12,13);2-4H,5H2,1H3,(H,12,13). The molecular weight excluding hydrogens is 403 g/mol. The van der Waals surface area contributed by atoms with Crippen molar-refractivity contribution in [1.29, 1.82) is 0 Å². The molecule has 1 fully saturated rings. The van der Waals surface area contributed by atoms with Gasteiger partial charge < -0.3 is 15.4 Å². The van der Waals surface area contributed by atoms with Crippen molar-refractivity contribution in [2.75, 3.05) is 19.0 Å². The summed E-state index contributed by atoms with van der Waals surface area (Å²) in [6.07, 6.45) is 0.821. The van der Waals surface area contributed by atoms with Gasteiger partial charge in [-0.3, -0.25) is 9.59 Å². The Morgan fingerprint density at radius 2 is 2.14 bits per heavy atom. The van der Waals surface area contributed by atoms with Gasteiger partial charge in [0.1, 0.15) is 12.4 Å². The highest BCUT2D eigenvalue weighted by Gasteiger charge is 2.30. The highest BCUT2D eigenvalue weighted by Crippen LogP contribution is 2.40. The van der Waals surface area contributed by atoms with Gasteiger partial charge in [0.2, 0.25) is 11.8 Å². The highest BCUT2D eigenvalue weighted by molar-refractivity contribution is 8.04. The Hall–Kier alpha value is -2.35. The first-order valence-electron chi connectivity index (χ1n) is 8.41. The molecule has 1 unspecified atom stereocenters. The number of hydrogen-bond acceptors (Lipinski definition) is 4. The molecule has 1 aromatic carbocycles. The monoisotopic (exact) mass is 420 g/mol. The van der Waals surface area contributed by atoms with Crippen LogP contribution in [0, 0.1) is 5.82 Å². The van der Waals surface area contributed by atoms with E-state index in [0.29, 0.717) is 0 Å². The summed E-state index contributed by atoms with van der Waals surface area (Å²) in [7, 11) is 1.39. The number of ether oxygens (including phenoxy) is 1. The van der Waals surface area contributed by atoms with Crippen LogP contribution in [0.15, 0.2) is 48.0 Å². The quantitative estimate of drug-likeness (QED) is 0.655. The van der Waals surface area contributed by atoms with Crippen LogP contribution in [0.3, 0.4) is 0 Å². The molecule has 146 valence electrons. The Kier molecular flexibility index (Phi) is 6.39. The molecule has 2 amide bonds. The van der Waals surface area contributed by atoms with Crippen LogP contribution >= 0.6 is 23.4 Å². The van der Waals surface area contributed by atoms with E-state index in [1.165, 1.54) is 47.7 Å². The van der Waals surface area contributed by atoms with Gasteiger partial charge in [0.05, 0.1) is 16.0 Å². The van der Waals surface area contributed by atoms with Crippen LogP contribution < -0.4 is 10.6 Å². The number of carbonyl (C=O) groups is 2. The predicted molar refractivity (Wildman–Crippen MR) is 110 cm³/mol. The number of fused-ring (bicyclic) bond motifs is 1. The van der Waals surface area contributed by atoms with Crippen LogP contribution in [0.5, 0.6) is 0 Å².